The number of nitrogens with zero attached hydrogens (tertiary/aromatic N) is 2. The second kappa shape index (κ2) is 4.40. The second-order valence-electron chi connectivity index (χ2n) is 4.90. The van der Waals surface area contributed by atoms with Gasteiger partial charge in [0.15, 0.2) is 0 Å². The Morgan fingerprint density at radius 3 is 2.71 bits per heavy atom. The summed E-state index contributed by atoms with van der Waals surface area (Å²) in [5.41, 5.74) is 0.869. The summed E-state index contributed by atoms with van der Waals surface area (Å²) in [6.45, 7) is 0. The molecule has 0 N–H and O–H groups in total. The molecule has 1 atom stereocenters. The molecule has 1 heterocycles. The first-order chi connectivity index (χ1) is 8.34. The lowest BCUT2D eigenvalue weighted by Crippen LogP contribution is -2.30. The lowest BCUT2D eigenvalue weighted by atomic mass is 9.87. The van der Waals surface area contributed by atoms with Crippen LogP contribution >= 0.6 is 0 Å². The number of carbonyl (C=O) groups excluding carboxylic acids is 1. The highest BCUT2D eigenvalue weighted by Crippen LogP contribution is 2.28. The minimum Gasteiger partial charge on any atom is -0.271 e. The standard InChI is InChI=1S/C14H16N2O/c17-14-11-8-4-5-9-12(11)15-13(16-14)10-6-2-1-3-7-10/h4-5,8-11H,1-3,6-7H2. The zero-order chi connectivity index (χ0) is 11.7. The van der Waals surface area contributed by atoms with Gasteiger partial charge in [-0.2, -0.15) is 4.99 Å². The van der Waals surface area contributed by atoms with E-state index in [4.69, 9.17) is 0 Å². The van der Waals surface area contributed by atoms with Gasteiger partial charge in [-0.25, -0.2) is 4.99 Å². The predicted octanol–water partition coefficient (Wildman–Crippen LogP) is 2.69. The molecule has 0 saturated heterocycles. The Morgan fingerprint density at radius 1 is 1.06 bits per heavy atom. The maximum Gasteiger partial charge on any atom is 0.260 e. The van der Waals surface area contributed by atoms with Crippen molar-refractivity contribution in [3.63, 3.8) is 0 Å². The number of allylic oxidation sites excluding steroid dienone is 3. The molecule has 1 aliphatic heterocycles. The SMILES string of the molecule is O=C1N=C(C2CCCCC2)N=C2C=CC=CC12. The van der Waals surface area contributed by atoms with Gasteiger partial charge in [0.25, 0.3) is 5.91 Å². The van der Waals surface area contributed by atoms with Crippen LogP contribution in [-0.4, -0.2) is 17.5 Å². The first-order valence-electron chi connectivity index (χ1n) is 6.40. The third-order valence-corrected chi connectivity index (χ3v) is 3.71. The molecule has 17 heavy (non-hydrogen) atoms. The predicted molar refractivity (Wildman–Crippen MR) is 68.2 cm³/mol. The topological polar surface area (TPSA) is 41.8 Å². The molecule has 3 heteroatoms. The highest BCUT2D eigenvalue weighted by atomic mass is 16.1. The van der Waals surface area contributed by atoms with Crippen LogP contribution in [0.4, 0.5) is 0 Å². The van der Waals surface area contributed by atoms with Crippen LogP contribution in [0, 0.1) is 11.8 Å². The van der Waals surface area contributed by atoms with E-state index in [9.17, 15) is 4.79 Å². The van der Waals surface area contributed by atoms with Crippen LogP contribution in [0.1, 0.15) is 32.1 Å². The van der Waals surface area contributed by atoms with E-state index in [1.165, 1.54) is 19.3 Å². The van der Waals surface area contributed by atoms with E-state index in [1.807, 2.05) is 24.3 Å². The fourth-order valence-corrected chi connectivity index (χ4v) is 2.73. The largest absolute Gasteiger partial charge is 0.271 e. The fraction of sp³-hybridized carbons (Fsp3) is 0.500. The molecule has 0 aromatic rings. The van der Waals surface area contributed by atoms with Crippen LogP contribution in [0.15, 0.2) is 34.3 Å². The van der Waals surface area contributed by atoms with Gasteiger partial charge in [-0.3, -0.25) is 4.79 Å². The Hall–Kier alpha value is -1.51. The van der Waals surface area contributed by atoms with Gasteiger partial charge in [0.05, 0.1) is 5.71 Å². The molecule has 1 saturated carbocycles. The maximum atomic E-state index is 11.9. The molecule has 0 aromatic heterocycles. The van der Waals surface area contributed by atoms with Crippen LogP contribution in [0.2, 0.25) is 0 Å². The van der Waals surface area contributed by atoms with E-state index in [2.05, 4.69) is 9.98 Å². The summed E-state index contributed by atoms with van der Waals surface area (Å²) in [5, 5.41) is 0. The van der Waals surface area contributed by atoms with Crippen molar-refractivity contribution < 1.29 is 4.79 Å². The maximum absolute atomic E-state index is 11.9. The van der Waals surface area contributed by atoms with Gasteiger partial charge in [-0.1, -0.05) is 37.5 Å². The summed E-state index contributed by atoms with van der Waals surface area (Å²) in [7, 11) is 0. The van der Waals surface area contributed by atoms with Crippen molar-refractivity contribution in [2.24, 2.45) is 21.8 Å². The third-order valence-electron chi connectivity index (χ3n) is 3.71. The number of carbonyl (C=O) groups is 1. The van der Waals surface area contributed by atoms with E-state index < -0.39 is 0 Å². The monoisotopic (exact) mass is 228 g/mol. The molecule has 2 aliphatic carbocycles. The van der Waals surface area contributed by atoms with Crippen molar-refractivity contribution in [1.82, 2.24) is 0 Å². The van der Waals surface area contributed by atoms with Crippen LogP contribution in [-0.2, 0) is 4.79 Å². The van der Waals surface area contributed by atoms with Crippen LogP contribution < -0.4 is 0 Å². The van der Waals surface area contributed by atoms with E-state index >= 15 is 0 Å². The normalized spacial score (nSPS) is 28.7. The minimum atomic E-state index is -0.229. The summed E-state index contributed by atoms with van der Waals surface area (Å²) in [6, 6.07) is 0. The van der Waals surface area contributed by atoms with Gasteiger partial charge >= 0.3 is 0 Å². The summed E-state index contributed by atoms with van der Waals surface area (Å²) in [5.74, 6) is 0.907. The zero-order valence-electron chi connectivity index (χ0n) is 9.80. The van der Waals surface area contributed by atoms with Crippen molar-refractivity contribution >= 4 is 17.5 Å². The Morgan fingerprint density at radius 2 is 1.88 bits per heavy atom. The van der Waals surface area contributed by atoms with E-state index in [1.54, 1.807) is 0 Å². The third kappa shape index (κ3) is 2.02. The van der Waals surface area contributed by atoms with Gasteiger partial charge in [0.1, 0.15) is 11.8 Å². The average molecular weight is 228 g/mol. The zero-order valence-corrected chi connectivity index (χ0v) is 9.80. The molecular formula is C14H16N2O. The quantitative estimate of drug-likeness (QED) is 0.680. The lowest BCUT2D eigenvalue weighted by molar-refractivity contribution is -0.118. The van der Waals surface area contributed by atoms with Gasteiger partial charge in [-0.05, 0) is 18.9 Å². The minimum absolute atomic E-state index is 0.0452. The average Bonchev–Trinajstić information content (AvgIpc) is 2.40. The van der Waals surface area contributed by atoms with E-state index in [0.717, 1.165) is 24.4 Å². The second-order valence-corrected chi connectivity index (χ2v) is 4.90. The smallest absolute Gasteiger partial charge is 0.260 e. The number of hydrogen-bond donors (Lipinski definition) is 0. The van der Waals surface area contributed by atoms with Crippen LogP contribution in [0.25, 0.3) is 0 Å². The molecule has 0 bridgehead atoms. The molecule has 1 amide bonds. The number of aliphatic imine (C=N–C) groups is 2. The van der Waals surface area contributed by atoms with Crippen molar-refractivity contribution in [2.45, 2.75) is 32.1 Å². The van der Waals surface area contributed by atoms with E-state index in [-0.39, 0.29) is 11.8 Å². The van der Waals surface area contributed by atoms with Gasteiger partial charge < -0.3 is 0 Å². The molecule has 88 valence electrons. The number of fused-ring (bicyclic) bond motifs is 1. The molecule has 1 unspecified atom stereocenters. The Kier molecular flexibility index (Phi) is 2.75. The molecular weight excluding hydrogens is 212 g/mol. The van der Waals surface area contributed by atoms with Gasteiger partial charge in [0, 0.05) is 5.92 Å². The molecule has 0 aromatic carbocycles. The van der Waals surface area contributed by atoms with E-state index in [0.29, 0.717) is 5.92 Å². The van der Waals surface area contributed by atoms with Crippen LogP contribution in [0.3, 0.4) is 0 Å². The molecule has 1 fully saturated rings. The summed E-state index contributed by atoms with van der Waals surface area (Å²) >= 11 is 0. The molecule has 3 nitrogen and oxygen atoms in total. The molecule has 0 radical (unpaired) electrons. The highest BCUT2D eigenvalue weighted by Gasteiger charge is 2.29. The highest BCUT2D eigenvalue weighted by molar-refractivity contribution is 6.21. The lowest BCUT2D eigenvalue weighted by Gasteiger charge is -2.25. The first-order valence-corrected chi connectivity index (χ1v) is 6.40. The summed E-state index contributed by atoms with van der Waals surface area (Å²) in [4.78, 5) is 20.7. The first kappa shape index (κ1) is 10.6. The van der Waals surface area contributed by atoms with Crippen molar-refractivity contribution in [2.75, 3.05) is 0 Å². The van der Waals surface area contributed by atoms with Crippen molar-refractivity contribution in [3.8, 4) is 0 Å². The number of amidine groups is 1. The Labute approximate surface area is 101 Å². The molecule has 3 rings (SSSR count). The van der Waals surface area contributed by atoms with Crippen LogP contribution in [0.5, 0.6) is 0 Å². The van der Waals surface area contributed by atoms with Crippen molar-refractivity contribution in [3.05, 3.63) is 24.3 Å². The summed E-state index contributed by atoms with van der Waals surface area (Å²) in [6.07, 6.45) is 13.7. The Balaban J connectivity index is 1.87. The van der Waals surface area contributed by atoms with Gasteiger partial charge in [-0.15, -0.1) is 0 Å². The number of rotatable bonds is 1. The van der Waals surface area contributed by atoms with Gasteiger partial charge in [0.2, 0.25) is 0 Å². The molecule has 0 spiro atoms. The molecule has 3 aliphatic rings. The fourth-order valence-electron chi connectivity index (χ4n) is 2.73. The number of hydrogen-bond acceptors (Lipinski definition) is 2. The summed E-state index contributed by atoms with van der Waals surface area (Å²) < 4.78 is 0. The number of amides is 1. The van der Waals surface area contributed by atoms with Crippen molar-refractivity contribution in [1.29, 1.82) is 0 Å². The Bertz CT molecular complexity index is 451.